The highest BCUT2D eigenvalue weighted by atomic mass is 16.5. The molecule has 3 heteroatoms. The van der Waals surface area contributed by atoms with E-state index in [0.29, 0.717) is 18.4 Å². The van der Waals surface area contributed by atoms with E-state index in [1.165, 1.54) is 21.9 Å². The molecule has 1 atom stereocenters. The van der Waals surface area contributed by atoms with E-state index < -0.39 is 0 Å². The standard InChI is InChI=1S/C20H17NO2/c1-10-5-4-6-14-13(10)7-8-15-17(14)18-20(23-12(3)21-18)16-11(2)9-22-19(15)16/h4-8,11H,9H2,1-3H3/t11-/m0/s1. The van der Waals surface area contributed by atoms with Gasteiger partial charge in [-0.15, -0.1) is 0 Å². The Morgan fingerprint density at radius 3 is 2.74 bits per heavy atom. The maximum Gasteiger partial charge on any atom is 0.192 e. The van der Waals surface area contributed by atoms with Crippen molar-refractivity contribution in [3.8, 4) is 5.75 Å². The molecule has 1 aliphatic heterocycles. The molecule has 4 aromatic rings. The minimum Gasteiger partial charge on any atom is -0.492 e. The molecule has 2 heterocycles. The molecule has 0 unspecified atom stereocenters. The first-order chi connectivity index (χ1) is 11.1. The summed E-state index contributed by atoms with van der Waals surface area (Å²) >= 11 is 0. The van der Waals surface area contributed by atoms with Gasteiger partial charge in [-0.05, 0) is 29.3 Å². The smallest absolute Gasteiger partial charge is 0.192 e. The number of nitrogens with zero attached hydrogens (tertiary/aromatic N) is 1. The second-order valence-corrected chi connectivity index (χ2v) is 6.52. The molecule has 23 heavy (non-hydrogen) atoms. The zero-order valence-electron chi connectivity index (χ0n) is 13.4. The molecule has 0 radical (unpaired) electrons. The van der Waals surface area contributed by atoms with Gasteiger partial charge in [0.25, 0.3) is 0 Å². The third-order valence-electron chi connectivity index (χ3n) is 4.95. The molecule has 0 aliphatic carbocycles. The normalized spacial score (nSPS) is 17.1. The molecule has 0 saturated heterocycles. The molecule has 114 valence electrons. The number of aromatic nitrogens is 1. The van der Waals surface area contributed by atoms with Crippen molar-refractivity contribution in [2.24, 2.45) is 0 Å². The molecule has 1 aromatic heterocycles. The Bertz CT molecular complexity index is 1110. The van der Waals surface area contributed by atoms with Gasteiger partial charge in [0.1, 0.15) is 11.3 Å². The fraction of sp³-hybridized carbons (Fsp3) is 0.250. The summed E-state index contributed by atoms with van der Waals surface area (Å²) in [6.45, 7) is 6.94. The molecule has 0 fully saturated rings. The van der Waals surface area contributed by atoms with Crippen LogP contribution in [0.1, 0.15) is 29.9 Å². The first-order valence-electron chi connectivity index (χ1n) is 8.03. The molecular weight excluding hydrogens is 286 g/mol. The highest BCUT2D eigenvalue weighted by molar-refractivity contribution is 6.21. The molecular formula is C20H17NO2. The van der Waals surface area contributed by atoms with Crippen LogP contribution in [0.3, 0.4) is 0 Å². The third-order valence-corrected chi connectivity index (χ3v) is 4.95. The summed E-state index contributed by atoms with van der Waals surface area (Å²) in [5.41, 5.74) is 4.29. The second kappa shape index (κ2) is 4.25. The topological polar surface area (TPSA) is 35.3 Å². The van der Waals surface area contributed by atoms with E-state index in [9.17, 15) is 0 Å². The lowest BCUT2D eigenvalue weighted by molar-refractivity contribution is 0.340. The molecule has 0 bridgehead atoms. The van der Waals surface area contributed by atoms with Crippen molar-refractivity contribution in [1.29, 1.82) is 0 Å². The lowest BCUT2D eigenvalue weighted by atomic mass is 9.93. The van der Waals surface area contributed by atoms with Gasteiger partial charge >= 0.3 is 0 Å². The predicted molar refractivity (Wildman–Crippen MR) is 92.4 cm³/mol. The molecule has 0 saturated carbocycles. The lowest BCUT2D eigenvalue weighted by Crippen LogP contribution is -1.93. The highest BCUT2D eigenvalue weighted by Gasteiger charge is 2.29. The van der Waals surface area contributed by atoms with Crippen molar-refractivity contribution in [2.45, 2.75) is 26.7 Å². The molecule has 0 spiro atoms. The number of rotatable bonds is 0. The average molecular weight is 303 g/mol. The van der Waals surface area contributed by atoms with Gasteiger partial charge in [0, 0.05) is 29.2 Å². The Balaban J connectivity index is 2.12. The van der Waals surface area contributed by atoms with Crippen LogP contribution >= 0.6 is 0 Å². The number of aryl methyl sites for hydroxylation is 2. The molecule has 3 aromatic carbocycles. The predicted octanol–water partition coefficient (Wildman–Crippen LogP) is 5.25. The third kappa shape index (κ3) is 1.57. The van der Waals surface area contributed by atoms with Gasteiger partial charge in [-0.1, -0.05) is 31.2 Å². The number of hydrogen-bond acceptors (Lipinski definition) is 3. The van der Waals surface area contributed by atoms with Gasteiger partial charge in [-0.2, -0.15) is 0 Å². The minimum absolute atomic E-state index is 0.331. The van der Waals surface area contributed by atoms with E-state index in [1.807, 2.05) is 6.92 Å². The number of benzene rings is 3. The van der Waals surface area contributed by atoms with Crippen LogP contribution in [0.25, 0.3) is 32.6 Å². The minimum atomic E-state index is 0.331. The summed E-state index contributed by atoms with van der Waals surface area (Å²) in [7, 11) is 0. The summed E-state index contributed by atoms with van der Waals surface area (Å²) in [4.78, 5) is 4.71. The monoisotopic (exact) mass is 303 g/mol. The summed E-state index contributed by atoms with van der Waals surface area (Å²) in [5, 5.41) is 4.76. The van der Waals surface area contributed by atoms with Crippen molar-refractivity contribution in [3.05, 3.63) is 47.3 Å². The second-order valence-electron chi connectivity index (χ2n) is 6.52. The Hall–Kier alpha value is -2.55. The van der Waals surface area contributed by atoms with Crippen LogP contribution < -0.4 is 4.74 Å². The van der Waals surface area contributed by atoms with E-state index in [1.54, 1.807) is 0 Å². The first kappa shape index (κ1) is 12.9. The zero-order chi connectivity index (χ0) is 15.7. The molecule has 3 nitrogen and oxygen atoms in total. The number of hydrogen-bond donors (Lipinski definition) is 0. The molecule has 0 amide bonds. The first-order valence-corrected chi connectivity index (χ1v) is 8.03. The largest absolute Gasteiger partial charge is 0.492 e. The van der Waals surface area contributed by atoms with Crippen LogP contribution in [-0.4, -0.2) is 11.6 Å². The van der Waals surface area contributed by atoms with Gasteiger partial charge in [-0.3, -0.25) is 0 Å². The van der Waals surface area contributed by atoms with Crippen molar-refractivity contribution >= 4 is 32.6 Å². The van der Waals surface area contributed by atoms with E-state index in [4.69, 9.17) is 14.1 Å². The SMILES string of the molecule is Cc1nc2c(o1)c1c(c3ccc4c(C)cccc4c32)OC[C@@H]1C. The van der Waals surface area contributed by atoms with Crippen LogP contribution in [0.4, 0.5) is 0 Å². The zero-order valence-corrected chi connectivity index (χ0v) is 13.4. The average Bonchev–Trinajstić information content (AvgIpc) is 3.10. The Morgan fingerprint density at radius 2 is 1.87 bits per heavy atom. The fourth-order valence-electron chi connectivity index (χ4n) is 3.88. The maximum atomic E-state index is 6.03. The van der Waals surface area contributed by atoms with Crippen molar-refractivity contribution in [2.75, 3.05) is 6.61 Å². The molecule has 0 N–H and O–H groups in total. The maximum absolute atomic E-state index is 6.03. The van der Waals surface area contributed by atoms with Crippen LogP contribution in [-0.2, 0) is 0 Å². The number of fused-ring (bicyclic) bond motifs is 8. The fourth-order valence-corrected chi connectivity index (χ4v) is 3.88. The van der Waals surface area contributed by atoms with Gasteiger partial charge in [-0.25, -0.2) is 4.98 Å². The van der Waals surface area contributed by atoms with E-state index >= 15 is 0 Å². The van der Waals surface area contributed by atoms with Gasteiger partial charge in [0.2, 0.25) is 0 Å². The molecule has 1 aliphatic rings. The Morgan fingerprint density at radius 1 is 1.04 bits per heavy atom. The highest BCUT2D eigenvalue weighted by Crippen LogP contribution is 2.47. The van der Waals surface area contributed by atoms with Crippen LogP contribution in [0.2, 0.25) is 0 Å². The Kier molecular flexibility index (Phi) is 2.39. The summed E-state index contributed by atoms with van der Waals surface area (Å²) in [6.07, 6.45) is 0. The van der Waals surface area contributed by atoms with Gasteiger partial charge < -0.3 is 9.15 Å². The van der Waals surface area contributed by atoms with Crippen LogP contribution in [0.15, 0.2) is 34.7 Å². The van der Waals surface area contributed by atoms with E-state index in [2.05, 4.69) is 44.2 Å². The summed E-state index contributed by atoms with van der Waals surface area (Å²) in [6, 6.07) is 10.8. The summed E-state index contributed by atoms with van der Waals surface area (Å²) < 4.78 is 12.0. The van der Waals surface area contributed by atoms with Gasteiger partial charge in [0.15, 0.2) is 11.5 Å². The van der Waals surface area contributed by atoms with Crippen molar-refractivity contribution in [3.63, 3.8) is 0 Å². The number of oxazole rings is 1. The van der Waals surface area contributed by atoms with Crippen molar-refractivity contribution < 1.29 is 9.15 Å². The van der Waals surface area contributed by atoms with E-state index in [0.717, 1.165) is 27.6 Å². The quantitative estimate of drug-likeness (QED) is 0.416. The van der Waals surface area contributed by atoms with E-state index in [-0.39, 0.29) is 0 Å². The van der Waals surface area contributed by atoms with Crippen LogP contribution in [0, 0.1) is 13.8 Å². The summed E-state index contributed by atoms with van der Waals surface area (Å²) in [5.74, 6) is 2.01. The van der Waals surface area contributed by atoms with Crippen molar-refractivity contribution in [1.82, 2.24) is 4.98 Å². The van der Waals surface area contributed by atoms with Gasteiger partial charge in [0.05, 0.1) is 6.61 Å². The lowest BCUT2D eigenvalue weighted by Gasteiger charge is -2.11. The van der Waals surface area contributed by atoms with Crippen LogP contribution in [0.5, 0.6) is 5.75 Å². The number of ether oxygens (including phenoxy) is 1. The Labute approximate surface area is 133 Å². The molecule has 5 rings (SSSR count).